The van der Waals surface area contributed by atoms with Gasteiger partial charge in [0.2, 0.25) is 0 Å². The molecule has 0 saturated carbocycles. The Balaban J connectivity index is 3.95. The Morgan fingerprint density at radius 2 is 0.750 bits per heavy atom. The standard InChI is InChI=1S/C58H115O9P/c1-3-5-7-9-11-13-15-17-19-21-23-25-27-29-31-33-35-37-39-41-43-45-47-49-51-64-54-57(55-66-68(62,63)65-53-56(60)52-59)67-58(61)50-48-46-44-42-40-38-36-34-32-30-28-26-24-22-20-18-16-14-12-10-8-6-4-2/h22,24,56-57,59-60H,3-21,23,25-55H2,1-2H3,(H,62,63)/b24-22-. The molecule has 0 amide bonds. The molecular weight excluding hydrogens is 872 g/mol. The first-order chi connectivity index (χ1) is 33.3. The molecule has 0 aromatic carbocycles. The summed E-state index contributed by atoms with van der Waals surface area (Å²) >= 11 is 0. The molecule has 0 bridgehead atoms. The molecule has 0 spiro atoms. The van der Waals surface area contributed by atoms with Crippen molar-refractivity contribution in [3.63, 3.8) is 0 Å². The Kier molecular flexibility index (Phi) is 54.9. The van der Waals surface area contributed by atoms with E-state index in [-0.39, 0.29) is 25.6 Å². The van der Waals surface area contributed by atoms with Crippen molar-refractivity contribution in [1.29, 1.82) is 0 Å². The highest BCUT2D eigenvalue weighted by molar-refractivity contribution is 7.47. The maximum Gasteiger partial charge on any atom is 0.472 e. The fourth-order valence-corrected chi connectivity index (χ4v) is 9.73. The molecule has 3 atom stereocenters. The van der Waals surface area contributed by atoms with Gasteiger partial charge in [-0.3, -0.25) is 13.8 Å². The fourth-order valence-electron chi connectivity index (χ4n) is 8.94. The van der Waals surface area contributed by atoms with Gasteiger partial charge in [-0.15, -0.1) is 0 Å². The van der Waals surface area contributed by atoms with Crippen LogP contribution in [0.1, 0.15) is 309 Å². The number of phosphoric ester groups is 1. The zero-order valence-corrected chi connectivity index (χ0v) is 46.0. The van der Waals surface area contributed by atoms with E-state index in [9.17, 15) is 19.4 Å². The van der Waals surface area contributed by atoms with Crippen molar-refractivity contribution < 1.29 is 43.0 Å². The van der Waals surface area contributed by atoms with Crippen molar-refractivity contribution in [1.82, 2.24) is 0 Å². The second-order valence-electron chi connectivity index (χ2n) is 20.4. The van der Waals surface area contributed by atoms with Crippen molar-refractivity contribution >= 4 is 13.8 Å². The van der Waals surface area contributed by atoms with Crippen molar-refractivity contribution in [3.05, 3.63) is 12.2 Å². The second kappa shape index (κ2) is 55.5. The molecule has 9 nitrogen and oxygen atoms in total. The molecular formula is C58H115O9P. The lowest BCUT2D eigenvalue weighted by molar-refractivity contribution is -0.154. The quantitative estimate of drug-likeness (QED) is 0.0236. The molecule has 406 valence electrons. The predicted octanol–water partition coefficient (Wildman–Crippen LogP) is 17.9. The predicted molar refractivity (Wildman–Crippen MR) is 288 cm³/mol. The zero-order valence-electron chi connectivity index (χ0n) is 45.1. The third kappa shape index (κ3) is 54.5. The Labute approximate surface area is 421 Å². The number of unbranched alkanes of at least 4 members (excludes halogenated alkanes) is 42. The van der Waals surface area contributed by atoms with Gasteiger partial charge in [-0.1, -0.05) is 276 Å². The van der Waals surface area contributed by atoms with E-state index in [0.29, 0.717) is 6.61 Å². The van der Waals surface area contributed by atoms with Gasteiger partial charge in [-0.05, 0) is 38.5 Å². The molecule has 3 unspecified atom stereocenters. The number of phosphoric acid groups is 1. The average molecular weight is 988 g/mol. The van der Waals surface area contributed by atoms with Crippen LogP contribution in [-0.4, -0.2) is 66.3 Å². The van der Waals surface area contributed by atoms with Gasteiger partial charge >= 0.3 is 13.8 Å². The van der Waals surface area contributed by atoms with E-state index in [1.54, 1.807) is 0 Å². The maximum atomic E-state index is 12.7. The molecule has 0 aromatic heterocycles. The molecule has 0 aliphatic heterocycles. The summed E-state index contributed by atoms with van der Waals surface area (Å²) in [5.74, 6) is -0.375. The van der Waals surface area contributed by atoms with Crippen LogP contribution in [0.2, 0.25) is 0 Å². The van der Waals surface area contributed by atoms with E-state index < -0.39 is 33.2 Å². The molecule has 0 heterocycles. The SMILES string of the molecule is CCCCCCCCCC/C=C\CCCCCCCCCCCCCC(=O)OC(COCCCCCCCCCCCCCCCCCCCCCCCCCC)COP(=O)(O)OCC(O)CO. The van der Waals surface area contributed by atoms with Crippen LogP contribution in [0, 0.1) is 0 Å². The van der Waals surface area contributed by atoms with E-state index in [2.05, 4.69) is 26.0 Å². The zero-order chi connectivity index (χ0) is 49.5. The van der Waals surface area contributed by atoms with E-state index in [4.69, 9.17) is 23.6 Å². The number of aliphatic hydroxyl groups is 2. The average Bonchev–Trinajstić information content (AvgIpc) is 3.33. The molecule has 68 heavy (non-hydrogen) atoms. The van der Waals surface area contributed by atoms with Gasteiger partial charge in [0.1, 0.15) is 12.2 Å². The Bertz CT molecular complexity index is 1070. The molecule has 0 aliphatic rings. The van der Waals surface area contributed by atoms with Gasteiger partial charge in [-0.2, -0.15) is 0 Å². The number of rotatable bonds is 58. The number of esters is 1. The fraction of sp³-hybridized carbons (Fsp3) is 0.948. The number of aliphatic hydroxyl groups excluding tert-OH is 2. The second-order valence-corrected chi connectivity index (χ2v) is 21.8. The monoisotopic (exact) mass is 987 g/mol. The first kappa shape index (κ1) is 67.2. The van der Waals surface area contributed by atoms with Crippen LogP contribution < -0.4 is 0 Å². The third-order valence-electron chi connectivity index (χ3n) is 13.5. The van der Waals surface area contributed by atoms with E-state index in [1.165, 1.54) is 257 Å². The Morgan fingerprint density at radius 1 is 0.441 bits per heavy atom. The van der Waals surface area contributed by atoms with Crippen LogP contribution in [0.5, 0.6) is 0 Å². The van der Waals surface area contributed by atoms with Crippen LogP contribution >= 0.6 is 7.82 Å². The van der Waals surface area contributed by atoms with Crippen molar-refractivity contribution in [2.45, 2.75) is 321 Å². The summed E-state index contributed by atoms with van der Waals surface area (Å²) in [4.78, 5) is 22.8. The first-order valence-electron chi connectivity index (χ1n) is 29.7. The van der Waals surface area contributed by atoms with Crippen LogP contribution in [0.4, 0.5) is 0 Å². The minimum Gasteiger partial charge on any atom is -0.457 e. The highest BCUT2D eigenvalue weighted by atomic mass is 31.2. The van der Waals surface area contributed by atoms with Gasteiger partial charge in [0.05, 0.1) is 26.4 Å². The summed E-state index contributed by atoms with van der Waals surface area (Å²) in [5.41, 5.74) is 0. The molecule has 0 aliphatic carbocycles. The van der Waals surface area contributed by atoms with Crippen molar-refractivity contribution in [2.24, 2.45) is 0 Å². The summed E-state index contributed by atoms with van der Waals surface area (Å²) in [6.07, 6.45) is 62.0. The van der Waals surface area contributed by atoms with Gasteiger partial charge in [0.15, 0.2) is 0 Å². The number of carbonyl (C=O) groups is 1. The van der Waals surface area contributed by atoms with Gasteiger partial charge < -0.3 is 24.6 Å². The highest BCUT2D eigenvalue weighted by Crippen LogP contribution is 2.43. The lowest BCUT2D eigenvalue weighted by Crippen LogP contribution is -2.29. The lowest BCUT2D eigenvalue weighted by Gasteiger charge is -2.20. The Hall–Kier alpha value is -0.800. The molecule has 0 saturated heterocycles. The summed E-state index contributed by atoms with van der Waals surface area (Å²) < 4.78 is 33.7. The minimum atomic E-state index is -4.52. The van der Waals surface area contributed by atoms with Gasteiger partial charge in [0.25, 0.3) is 0 Å². The molecule has 3 N–H and O–H groups in total. The molecule has 0 rings (SSSR count). The number of carbonyl (C=O) groups excluding carboxylic acids is 1. The smallest absolute Gasteiger partial charge is 0.457 e. The summed E-state index contributed by atoms with van der Waals surface area (Å²) in [6.45, 7) is 3.61. The highest BCUT2D eigenvalue weighted by Gasteiger charge is 2.26. The first-order valence-corrected chi connectivity index (χ1v) is 31.2. The molecule has 0 fully saturated rings. The number of allylic oxidation sites excluding steroid dienone is 2. The normalized spacial score (nSPS) is 13.7. The Morgan fingerprint density at radius 3 is 1.10 bits per heavy atom. The molecule has 0 radical (unpaired) electrons. The lowest BCUT2D eigenvalue weighted by atomic mass is 10.0. The number of ether oxygens (including phenoxy) is 2. The summed E-state index contributed by atoms with van der Waals surface area (Å²) in [6, 6.07) is 0. The van der Waals surface area contributed by atoms with E-state index in [0.717, 1.165) is 32.1 Å². The number of hydrogen-bond acceptors (Lipinski definition) is 8. The molecule has 10 heteroatoms. The number of hydrogen-bond donors (Lipinski definition) is 3. The van der Waals surface area contributed by atoms with Crippen LogP contribution in [0.15, 0.2) is 12.2 Å². The van der Waals surface area contributed by atoms with Crippen molar-refractivity contribution in [2.75, 3.05) is 33.0 Å². The summed E-state index contributed by atoms with van der Waals surface area (Å²) in [5, 5.41) is 18.5. The topological polar surface area (TPSA) is 132 Å². The maximum absolute atomic E-state index is 12.7. The van der Waals surface area contributed by atoms with Crippen LogP contribution in [0.3, 0.4) is 0 Å². The van der Waals surface area contributed by atoms with E-state index in [1.807, 2.05) is 0 Å². The van der Waals surface area contributed by atoms with E-state index >= 15 is 0 Å². The van der Waals surface area contributed by atoms with Crippen LogP contribution in [0.25, 0.3) is 0 Å². The van der Waals surface area contributed by atoms with Gasteiger partial charge in [0, 0.05) is 13.0 Å². The largest absolute Gasteiger partial charge is 0.472 e. The molecule has 0 aromatic rings. The van der Waals surface area contributed by atoms with Crippen LogP contribution in [-0.2, 0) is 27.9 Å². The van der Waals surface area contributed by atoms with Crippen molar-refractivity contribution in [3.8, 4) is 0 Å². The van der Waals surface area contributed by atoms with Gasteiger partial charge in [-0.25, -0.2) is 4.57 Å². The summed E-state index contributed by atoms with van der Waals surface area (Å²) in [7, 11) is -4.52. The third-order valence-corrected chi connectivity index (χ3v) is 14.4. The minimum absolute atomic E-state index is 0.0564.